The molecule has 5 nitrogen and oxygen atoms in total. The third kappa shape index (κ3) is 5.37. The van der Waals surface area contributed by atoms with Crippen molar-refractivity contribution in [1.82, 2.24) is 4.40 Å². The summed E-state index contributed by atoms with van der Waals surface area (Å²) in [6.45, 7) is 11.9. The molecule has 0 amide bonds. The van der Waals surface area contributed by atoms with Crippen LogP contribution in [-0.4, -0.2) is 4.40 Å². The van der Waals surface area contributed by atoms with Gasteiger partial charge in [-0.2, -0.15) is 5.26 Å². The fourth-order valence-electron chi connectivity index (χ4n) is 9.03. The number of fused-ring (bicyclic) bond motifs is 9. The SMILES string of the molecule is [C-]#[N+]c1cccc(N(c2ccc(C)cc2)c2ccc3cc4c5ccc(N(c6ccc(C)cc6)c6cccc(C#N)c6)c6c7c8ccccc8ccc7n(c4cc3c2)c56)c1. The first-order valence-electron chi connectivity index (χ1n) is 19.8. The van der Waals surface area contributed by atoms with Crippen LogP contribution in [0, 0.1) is 31.8 Å². The van der Waals surface area contributed by atoms with E-state index in [0.717, 1.165) is 55.9 Å². The molecular weight excluding hydrogens is 719 g/mol. The Morgan fingerprint density at radius 2 is 1.17 bits per heavy atom. The predicted molar refractivity (Wildman–Crippen MR) is 246 cm³/mol. The second kappa shape index (κ2) is 13.2. The normalized spacial score (nSPS) is 11.5. The van der Waals surface area contributed by atoms with Gasteiger partial charge in [-0.1, -0.05) is 96.1 Å². The summed E-state index contributed by atoms with van der Waals surface area (Å²) in [6, 6.07) is 64.4. The first-order valence-corrected chi connectivity index (χ1v) is 19.8. The van der Waals surface area contributed by atoms with Crippen molar-refractivity contribution in [2.75, 3.05) is 9.80 Å². The van der Waals surface area contributed by atoms with Gasteiger partial charge in [0.05, 0.1) is 40.4 Å². The van der Waals surface area contributed by atoms with Gasteiger partial charge in [-0.05, 0) is 126 Å². The zero-order chi connectivity index (χ0) is 39.8. The van der Waals surface area contributed by atoms with Gasteiger partial charge in [0, 0.05) is 50.0 Å². The molecule has 2 heterocycles. The average molecular weight is 754 g/mol. The minimum absolute atomic E-state index is 0.602. The lowest BCUT2D eigenvalue weighted by Crippen LogP contribution is -2.10. The van der Waals surface area contributed by atoms with Crippen molar-refractivity contribution in [2.24, 2.45) is 0 Å². The molecule has 5 heteroatoms. The van der Waals surface area contributed by atoms with Crippen LogP contribution in [0.15, 0.2) is 176 Å². The number of rotatable bonds is 6. The molecule has 0 atom stereocenters. The lowest BCUT2D eigenvalue weighted by molar-refractivity contribution is 1.28. The number of hydrogen-bond donors (Lipinski definition) is 0. The van der Waals surface area contributed by atoms with E-state index in [1.807, 2.05) is 36.4 Å². The number of benzene rings is 9. The molecule has 11 aromatic rings. The van der Waals surface area contributed by atoms with Crippen LogP contribution in [0.4, 0.5) is 39.8 Å². The quantitative estimate of drug-likeness (QED) is 0.159. The number of nitriles is 1. The molecule has 276 valence electrons. The molecule has 11 rings (SSSR count). The van der Waals surface area contributed by atoms with Crippen molar-refractivity contribution in [1.29, 1.82) is 5.26 Å². The van der Waals surface area contributed by atoms with Crippen LogP contribution >= 0.6 is 0 Å². The topological polar surface area (TPSA) is 39.0 Å². The Morgan fingerprint density at radius 1 is 0.492 bits per heavy atom. The van der Waals surface area contributed by atoms with Crippen molar-refractivity contribution < 1.29 is 0 Å². The first-order chi connectivity index (χ1) is 29.0. The van der Waals surface area contributed by atoms with E-state index < -0.39 is 0 Å². The molecular formula is C54H35N5. The van der Waals surface area contributed by atoms with E-state index in [1.54, 1.807) is 0 Å². The molecule has 59 heavy (non-hydrogen) atoms. The van der Waals surface area contributed by atoms with Crippen molar-refractivity contribution in [3.63, 3.8) is 0 Å². The summed E-state index contributed by atoms with van der Waals surface area (Å²) in [5, 5.41) is 19.4. The maximum absolute atomic E-state index is 9.99. The van der Waals surface area contributed by atoms with Crippen LogP contribution in [0.3, 0.4) is 0 Å². The van der Waals surface area contributed by atoms with E-state index in [2.05, 4.69) is 178 Å². The minimum atomic E-state index is 0.602. The van der Waals surface area contributed by atoms with Gasteiger partial charge in [0.2, 0.25) is 0 Å². The first kappa shape index (κ1) is 34.2. The number of anilines is 6. The lowest BCUT2D eigenvalue weighted by atomic mass is 9.99. The van der Waals surface area contributed by atoms with Crippen molar-refractivity contribution in [3.8, 4) is 6.07 Å². The van der Waals surface area contributed by atoms with Gasteiger partial charge in [0.15, 0.2) is 5.69 Å². The largest absolute Gasteiger partial charge is 0.312 e. The van der Waals surface area contributed by atoms with E-state index in [0.29, 0.717) is 11.3 Å². The van der Waals surface area contributed by atoms with Crippen molar-refractivity contribution in [2.45, 2.75) is 13.8 Å². The van der Waals surface area contributed by atoms with Crippen LogP contribution in [0.1, 0.15) is 16.7 Å². The number of aryl methyl sites for hydroxylation is 2. The van der Waals surface area contributed by atoms with Crippen LogP contribution in [-0.2, 0) is 0 Å². The summed E-state index contributed by atoms with van der Waals surface area (Å²) in [6.07, 6.45) is 0. The molecule has 9 aromatic carbocycles. The zero-order valence-corrected chi connectivity index (χ0v) is 32.5. The van der Waals surface area contributed by atoms with Gasteiger partial charge in [0.25, 0.3) is 0 Å². The molecule has 0 saturated carbocycles. The molecule has 0 aliphatic carbocycles. The Kier molecular flexibility index (Phi) is 7.66. The Labute approximate surface area is 341 Å². The molecule has 0 unspecified atom stereocenters. The van der Waals surface area contributed by atoms with Crippen LogP contribution in [0.2, 0.25) is 0 Å². The van der Waals surface area contributed by atoms with Gasteiger partial charge in [-0.3, -0.25) is 0 Å². The van der Waals surface area contributed by atoms with Crippen molar-refractivity contribution in [3.05, 3.63) is 204 Å². The van der Waals surface area contributed by atoms with E-state index in [-0.39, 0.29) is 0 Å². The molecule has 0 radical (unpaired) electrons. The van der Waals surface area contributed by atoms with Gasteiger partial charge in [-0.15, -0.1) is 0 Å². The van der Waals surface area contributed by atoms with Gasteiger partial charge >= 0.3 is 0 Å². The monoisotopic (exact) mass is 753 g/mol. The van der Waals surface area contributed by atoms with Crippen LogP contribution in [0.25, 0.3) is 64.5 Å². The highest BCUT2D eigenvalue weighted by Crippen LogP contribution is 2.49. The molecule has 0 saturated heterocycles. The zero-order valence-electron chi connectivity index (χ0n) is 32.5. The second-order valence-corrected chi connectivity index (χ2v) is 15.4. The minimum Gasteiger partial charge on any atom is -0.312 e. The lowest BCUT2D eigenvalue weighted by Gasteiger charge is -2.27. The molecule has 0 N–H and O–H groups in total. The number of hydrogen-bond acceptors (Lipinski definition) is 3. The van der Waals surface area contributed by atoms with E-state index in [1.165, 1.54) is 49.0 Å². The molecule has 0 bridgehead atoms. The van der Waals surface area contributed by atoms with Gasteiger partial charge < -0.3 is 14.2 Å². The highest BCUT2D eigenvalue weighted by atomic mass is 15.2. The fraction of sp³-hybridized carbons (Fsp3) is 0.0370. The summed E-state index contributed by atoms with van der Waals surface area (Å²) in [5.74, 6) is 0. The fourth-order valence-corrected chi connectivity index (χ4v) is 9.03. The summed E-state index contributed by atoms with van der Waals surface area (Å²) in [5.41, 5.74) is 13.0. The molecule has 2 aromatic heterocycles. The van der Waals surface area contributed by atoms with E-state index in [4.69, 9.17) is 6.57 Å². The maximum Gasteiger partial charge on any atom is 0.189 e. The van der Waals surface area contributed by atoms with Crippen molar-refractivity contribution >= 4 is 99.5 Å². The highest BCUT2D eigenvalue weighted by Gasteiger charge is 2.26. The molecule has 0 aliphatic rings. The summed E-state index contributed by atoms with van der Waals surface area (Å²) < 4.78 is 2.47. The van der Waals surface area contributed by atoms with E-state index in [9.17, 15) is 5.26 Å². The molecule has 0 spiro atoms. The average Bonchev–Trinajstić information content (AvgIpc) is 3.80. The second-order valence-electron chi connectivity index (χ2n) is 15.4. The Bertz CT molecular complexity index is 3550. The standard InChI is InChI=1S/C54H35N5/c1-34-14-20-41(21-15-34)57(44-12-7-10-40(32-44)56-3)45-24-18-38-30-48-47-25-27-50(58(42-22-16-35(2)17-23-42)43-11-6-8-36(28-43)33-55)53-52-46-13-5-4-9-37(46)19-26-49(52)59(54(47)53)51(48)31-39(38)29-45/h4-32H,1-2H3. The molecule has 0 fully saturated rings. The smallest absolute Gasteiger partial charge is 0.189 e. The Balaban J connectivity index is 1.21. The number of aromatic nitrogens is 1. The van der Waals surface area contributed by atoms with Crippen LogP contribution < -0.4 is 9.80 Å². The Hall–Kier alpha value is -8.12. The van der Waals surface area contributed by atoms with Gasteiger partial charge in [0.1, 0.15) is 0 Å². The van der Waals surface area contributed by atoms with E-state index >= 15 is 0 Å². The number of nitrogens with zero attached hydrogens (tertiary/aromatic N) is 5. The van der Waals surface area contributed by atoms with Crippen LogP contribution in [0.5, 0.6) is 0 Å². The molecule has 0 aliphatic heterocycles. The highest BCUT2D eigenvalue weighted by molar-refractivity contribution is 6.32. The third-order valence-electron chi connectivity index (χ3n) is 11.8. The summed E-state index contributed by atoms with van der Waals surface area (Å²) in [7, 11) is 0. The summed E-state index contributed by atoms with van der Waals surface area (Å²) in [4.78, 5) is 8.29. The third-order valence-corrected chi connectivity index (χ3v) is 11.8. The van der Waals surface area contributed by atoms with Gasteiger partial charge in [-0.25, -0.2) is 4.85 Å². The maximum atomic E-state index is 9.99. The predicted octanol–water partition coefficient (Wildman–Crippen LogP) is 15.1. The Morgan fingerprint density at radius 3 is 1.93 bits per heavy atom. The summed E-state index contributed by atoms with van der Waals surface area (Å²) >= 11 is 0.